The van der Waals surface area contributed by atoms with Gasteiger partial charge in [-0.2, -0.15) is 4.68 Å². The number of aliphatic hydroxyl groups is 3. The molecule has 108 valence electrons. The molecule has 0 amide bonds. The highest BCUT2D eigenvalue weighted by atomic mass is 16.6. The fourth-order valence-electron chi connectivity index (χ4n) is 2.20. The third-order valence-corrected chi connectivity index (χ3v) is 3.26. The van der Waals surface area contributed by atoms with E-state index in [0.717, 1.165) is 0 Å². The Morgan fingerprint density at radius 2 is 2.15 bits per heavy atom. The van der Waals surface area contributed by atoms with Crippen molar-refractivity contribution in [1.82, 2.24) is 25.0 Å². The normalized spacial score (nSPS) is 30.0. The van der Waals surface area contributed by atoms with Gasteiger partial charge in [-0.1, -0.05) is 5.21 Å². The number of nitrogens with one attached hydrogen (secondary N) is 1. The Hall–Kier alpha value is -1.88. The topological polar surface area (TPSA) is 138 Å². The van der Waals surface area contributed by atoms with Crippen LogP contribution in [-0.2, 0) is 4.74 Å². The average Bonchev–Trinajstić information content (AvgIpc) is 3.01. The molecule has 0 spiro atoms. The largest absolute Gasteiger partial charge is 0.394 e. The highest BCUT2D eigenvalue weighted by molar-refractivity contribution is 5.81. The second-order valence-electron chi connectivity index (χ2n) is 4.41. The van der Waals surface area contributed by atoms with Gasteiger partial charge in [0.1, 0.15) is 24.6 Å². The van der Waals surface area contributed by atoms with Crippen LogP contribution in [-0.4, -0.2) is 72.2 Å². The number of hydrogen-bond donors (Lipinski definition) is 4. The standard InChI is InChI=1S/C10H14N6O4/c1-11-8-5-9(13-3-12-8)16(15-14-5)10-7(19)6(18)4(2-17)20-10/h3-4,6-7,10,17-19H,2H2,1H3,(H,11,12,13)/t4-,6?,7?,10-/m1/s1. The van der Waals surface area contributed by atoms with Gasteiger partial charge in [-0.05, 0) is 0 Å². The smallest absolute Gasteiger partial charge is 0.186 e. The Kier molecular flexibility index (Phi) is 3.22. The molecule has 2 aromatic rings. The Balaban J connectivity index is 2.03. The minimum Gasteiger partial charge on any atom is -0.394 e. The van der Waals surface area contributed by atoms with Crippen molar-refractivity contribution in [1.29, 1.82) is 0 Å². The van der Waals surface area contributed by atoms with E-state index in [1.807, 2.05) is 0 Å². The van der Waals surface area contributed by atoms with E-state index in [2.05, 4.69) is 25.6 Å². The summed E-state index contributed by atoms with van der Waals surface area (Å²) in [5.74, 6) is 0.494. The molecule has 1 aliphatic rings. The van der Waals surface area contributed by atoms with E-state index < -0.39 is 31.1 Å². The zero-order valence-corrected chi connectivity index (χ0v) is 10.6. The van der Waals surface area contributed by atoms with Gasteiger partial charge >= 0.3 is 0 Å². The fourth-order valence-corrected chi connectivity index (χ4v) is 2.20. The van der Waals surface area contributed by atoms with E-state index in [4.69, 9.17) is 9.84 Å². The lowest BCUT2D eigenvalue weighted by Gasteiger charge is -2.14. The number of anilines is 1. The molecule has 2 aromatic heterocycles. The lowest BCUT2D eigenvalue weighted by atomic mass is 10.1. The zero-order valence-electron chi connectivity index (χ0n) is 10.6. The first kappa shape index (κ1) is 13.1. The minimum absolute atomic E-state index is 0.360. The molecule has 1 aliphatic heterocycles. The van der Waals surface area contributed by atoms with E-state index in [-0.39, 0.29) is 0 Å². The number of fused-ring (bicyclic) bond motifs is 1. The van der Waals surface area contributed by atoms with Gasteiger partial charge in [-0.25, -0.2) is 9.97 Å². The van der Waals surface area contributed by atoms with Crippen molar-refractivity contribution in [3.05, 3.63) is 6.33 Å². The van der Waals surface area contributed by atoms with E-state index in [1.165, 1.54) is 11.0 Å². The molecule has 0 aliphatic carbocycles. The lowest BCUT2D eigenvalue weighted by Crippen LogP contribution is -2.33. The number of nitrogens with zero attached hydrogens (tertiary/aromatic N) is 5. The predicted octanol–water partition coefficient (Wildman–Crippen LogP) is -2.13. The first-order valence-electron chi connectivity index (χ1n) is 6.03. The van der Waals surface area contributed by atoms with E-state index in [1.54, 1.807) is 7.05 Å². The summed E-state index contributed by atoms with van der Waals surface area (Å²) in [6, 6.07) is 0. The van der Waals surface area contributed by atoms with Crippen LogP contribution in [0.3, 0.4) is 0 Å². The van der Waals surface area contributed by atoms with Crippen molar-refractivity contribution in [2.45, 2.75) is 24.5 Å². The van der Waals surface area contributed by atoms with Gasteiger partial charge in [0.05, 0.1) is 6.61 Å². The molecule has 0 bridgehead atoms. The molecule has 1 saturated heterocycles. The summed E-state index contributed by atoms with van der Waals surface area (Å²) in [5, 5.41) is 39.5. The monoisotopic (exact) mass is 282 g/mol. The molecule has 3 heterocycles. The fraction of sp³-hybridized carbons (Fsp3) is 0.600. The van der Waals surface area contributed by atoms with Crippen LogP contribution in [0, 0.1) is 0 Å². The minimum atomic E-state index is -1.23. The van der Waals surface area contributed by atoms with Crippen molar-refractivity contribution in [2.24, 2.45) is 0 Å². The molecule has 4 atom stereocenters. The first-order chi connectivity index (χ1) is 9.67. The molecule has 3 rings (SSSR count). The van der Waals surface area contributed by atoms with Crippen molar-refractivity contribution >= 4 is 17.0 Å². The van der Waals surface area contributed by atoms with Crippen molar-refractivity contribution in [2.75, 3.05) is 19.0 Å². The maximum Gasteiger partial charge on any atom is 0.186 e. The third kappa shape index (κ3) is 1.81. The molecule has 2 unspecified atom stereocenters. The maximum atomic E-state index is 9.98. The molecular weight excluding hydrogens is 268 g/mol. The van der Waals surface area contributed by atoms with Crippen LogP contribution in [0.1, 0.15) is 6.23 Å². The number of ether oxygens (including phenoxy) is 1. The summed E-state index contributed by atoms with van der Waals surface area (Å²) in [7, 11) is 1.69. The maximum absolute atomic E-state index is 9.98. The van der Waals surface area contributed by atoms with Crippen LogP contribution in [0.15, 0.2) is 6.33 Å². The molecule has 20 heavy (non-hydrogen) atoms. The van der Waals surface area contributed by atoms with Crippen LogP contribution in [0.2, 0.25) is 0 Å². The van der Waals surface area contributed by atoms with Gasteiger partial charge in [0.15, 0.2) is 23.2 Å². The number of aromatic nitrogens is 5. The van der Waals surface area contributed by atoms with Gasteiger partial charge in [0.25, 0.3) is 0 Å². The third-order valence-electron chi connectivity index (χ3n) is 3.26. The van der Waals surface area contributed by atoms with Gasteiger partial charge < -0.3 is 25.4 Å². The van der Waals surface area contributed by atoms with E-state index in [0.29, 0.717) is 17.0 Å². The van der Waals surface area contributed by atoms with E-state index >= 15 is 0 Å². The lowest BCUT2D eigenvalue weighted by molar-refractivity contribution is -0.0574. The highest BCUT2D eigenvalue weighted by Gasteiger charge is 2.44. The molecule has 0 radical (unpaired) electrons. The Morgan fingerprint density at radius 3 is 2.80 bits per heavy atom. The van der Waals surface area contributed by atoms with Gasteiger partial charge in [0.2, 0.25) is 0 Å². The highest BCUT2D eigenvalue weighted by Crippen LogP contribution is 2.30. The summed E-state index contributed by atoms with van der Waals surface area (Å²) >= 11 is 0. The summed E-state index contributed by atoms with van der Waals surface area (Å²) in [4.78, 5) is 8.06. The van der Waals surface area contributed by atoms with Crippen molar-refractivity contribution in [3.8, 4) is 0 Å². The van der Waals surface area contributed by atoms with Crippen molar-refractivity contribution in [3.63, 3.8) is 0 Å². The summed E-state index contributed by atoms with van der Waals surface area (Å²) < 4.78 is 6.66. The second kappa shape index (κ2) is 4.90. The first-order valence-corrected chi connectivity index (χ1v) is 6.03. The number of hydrogen-bond acceptors (Lipinski definition) is 9. The van der Waals surface area contributed by atoms with Gasteiger partial charge in [0, 0.05) is 7.05 Å². The summed E-state index contributed by atoms with van der Waals surface area (Å²) in [6.07, 6.45) is -2.94. The van der Waals surface area contributed by atoms with Crippen LogP contribution < -0.4 is 5.32 Å². The molecule has 1 fully saturated rings. The van der Waals surface area contributed by atoms with Crippen LogP contribution in [0.5, 0.6) is 0 Å². The number of aliphatic hydroxyl groups excluding tert-OH is 3. The molecule has 10 nitrogen and oxygen atoms in total. The molecule has 4 N–H and O–H groups in total. The average molecular weight is 282 g/mol. The van der Waals surface area contributed by atoms with Gasteiger partial charge in [-0.15, -0.1) is 5.10 Å². The SMILES string of the molecule is CNc1ncnc2c1nnn2[C@@H]1O[C@H](CO)C(O)C1O. The Morgan fingerprint density at radius 1 is 1.35 bits per heavy atom. The molecule has 0 saturated carbocycles. The Labute approximate surface area is 113 Å². The Bertz CT molecular complexity index is 619. The van der Waals surface area contributed by atoms with Crippen LogP contribution in [0.4, 0.5) is 5.82 Å². The molecule has 10 heteroatoms. The number of rotatable bonds is 3. The zero-order chi connectivity index (χ0) is 14.3. The van der Waals surface area contributed by atoms with Crippen LogP contribution in [0.25, 0.3) is 11.2 Å². The molecular formula is C10H14N6O4. The van der Waals surface area contributed by atoms with Gasteiger partial charge in [-0.3, -0.25) is 0 Å². The summed E-state index contributed by atoms with van der Waals surface area (Å²) in [6.45, 7) is -0.405. The summed E-state index contributed by atoms with van der Waals surface area (Å²) in [5.41, 5.74) is 0.784. The van der Waals surface area contributed by atoms with E-state index in [9.17, 15) is 10.2 Å². The quantitative estimate of drug-likeness (QED) is 0.497. The molecule has 0 aromatic carbocycles. The van der Waals surface area contributed by atoms with Crippen LogP contribution >= 0.6 is 0 Å². The van der Waals surface area contributed by atoms with Crippen molar-refractivity contribution < 1.29 is 20.1 Å². The second-order valence-corrected chi connectivity index (χ2v) is 4.41. The predicted molar refractivity (Wildman–Crippen MR) is 65.7 cm³/mol.